The zero-order valence-electron chi connectivity index (χ0n) is 7.51. The molecule has 0 heterocycles. The lowest BCUT2D eigenvalue weighted by atomic mass is 10.3. The van der Waals surface area contributed by atoms with Crippen molar-refractivity contribution in [2.45, 2.75) is 12.7 Å². The van der Waals surface area contributed by atoms with Crippen LogP contribution in [0.5, 0.6) is 0 Å². The highest BCUT2D eigenvalue weighted by atomic mass is 16.4. The molecular weight excluding hydrogens is 96.0 g/mol. The van der Waals surface area contributed by atoms with Gasteiger partial charge in [0.15, 0.2) is 0 Å². The van der Waals surface area contributed by atoms with E-state index in [9.17, 15) is 4.79 Å². The number of rotatable bonds is 3. The molecule has 0 aliphatic carbocycles. The Balaban J connectivity index is 4.67. The molecule has 0 aromatic rings. The van der Waals surface area contributed by atoms with Crippen LogP contribution in [0.1, 0.15) is 18.2 Å². The Morgan fingerprint density at radius 1 is 1.86 bits per heavy atom. The summed E-state index contributed by atoms with van der Waals surface area (Å²) in [6.07, 6.45) is -5.80. The monoisotopic (exact) mass is 108 g/mol. The first-order valence-corrected chi connectivity index (χ1v) is 1.60. The summed E-state index contributed by atoms with van der Waals surface area (Å²) < 4.78 is 27.0. The molecule has 3 heteroatoms. The molecule has 0 fully saturated rings. The molecule has 0 amide bonds. The fraction of sp³-hybridized carbons (Fsp3) is 0.750. The van der Waals surface area contributed by atoms with Crippen LogP contribution in [0.2, 0.25) is 0 Å². The predicted octanol–water partition coefficient (Wildman–Crippen LogP) is -0.157. The minimum Gasteiger partial charge on any atom is -0.481 e. The van der Waals surface area contributed by atoms with Crippen molar-refractivity contribution in [2.75, 3.05) is 6.61 Å². The second-order valence-electron chi connectivity index (χ2n) is 0.765. The van der Waals surface area contributed by atoms with Gasteiger partial charge in [0.1, 0.15) is 0 Å². The third-order valence-electron chi connectivity index (χ3n) is 0.274. The lowest BCUT2D eigenvalue weighted by Gasteiger charge is -1.85. The molecule has 0 bridgehead atoms. The topological polar surface area (TPSA) is 57.5 Å². The molecule has 0 aliphatic heterocycles. The normalized spacial score (nSPS) is 21.3. The van der Waals surface area contributed by atoms with Gasteiger partial charge in [-0.25, -0.2) is 0 Å². The van der Waals surface area contributed by atoms with E-state index in [2.05, 4.69) is 0 Å². The summed E-state index contributed by atoms with van der Waals surface area (Å²) in [5.41, 5.74) is 0. The van der Waals surface area contributed by atoms with E-state index in [4.69, 9.17) is 15.7 Å². The van der Waals surface area contributed by atoms with Gasteiger partial charge in [0.25, 0.3) is 0 Å². The van der Waals surface area contributed by atoms with Gasteiger partial charge < -0.3 is 10.2 Å². The lowest BCUT2D eigenvalue weighted by molar-refractivity contribution is -0.137. The highest BCUT2D eigenvalue weighted by Crippen LogP contribution is 1.83. The minimum absolute atomic E-state index is 1.16. The maximum Gasteiger partial charge on any atom is 0.303 e. The molecular formula is C4H8O3. The lowest BCUT2D eigenvalue weighted by Crippen LogP contribution is -1.95. The van der Waals surface area contributed by atoms with Crippen LogP contribution in [0.15, 0.2) is 0 Å². The largest absolute Gasteiger partial charge is 0.481 e. The molecule has 0 aromatic heterocycles. The van der Waals surface area contributed by atoms with Crippen molar-refractivity contribution in [3.63, 3.8) is 0 Å². The van der Waals surface area contributed by atoms with E-state index in [0.717, 1.165) is 0 Å². The molecule has 42 valence electrons. The van der Waals surface area contributed by atoms with Crippen LogP contribution in [0.3, 0.4) is 0 Å². The molecule has 0 aliphatic rings. The summed E-state index contributed by atoms with van der Waals surface area (Å²) in [4.78, 5) is 10.1. The van der Waals surface area contributed by atoms with Gasteiger partial charge in [0.2, 0.25) is 0 Å². The van der Waals surface area contributed by atoms with E-state index in [-0.39, 0.29) is 0 Å². The number of aliphatic hydroxyl groups is 1. The molecule has 0 saturated carbocycles. The maximum atomic E-state index is 10.1. The van der Waals surface area contributed by atoms with Crippen LogP contribution in [0.4, 0.5) is 0 Å². The van der Waals surface area contributed by atoms with E-state index >= 15 is 0 Å². The second kappa shape index (κ2) is 3.61. The number of aliphatic carboxylic acids is 1. The number of hydrogen-bond donors (Lipinski definition) is 2. The molecule has 0 atom stereocenters. The molecule has 3 nitrogen and oxygen atoms in total. The molecule has 0 spiro atoms. The predicted molar refractivity (Wildman–Crippen MR) is 24.0 cm³/mol. The Morgan fingerprint density at radius 2 is 2.43 bits per heavy atom. The average Bonchev–Trinajstić information content (AvgIpc) is 1.87. The molecule has 0 rings (SSSR count). The minimum atomic E-state index is -3.05. The Labute approximate surface area is 47.2 Å². The first kappa shape index (κ1) is 2.13. The first-order chi connectivity index (χ1) is 4.75. The summed E-state index contributed by atoms with van der Waals surface area (Å²) in [6.45, 7) is -1.16. The number of hydrogen-bond acceptors (Lipinski definition) is 2. The van der Waals surface area contributed by atoms with Crippen LogP contribution in [-0.2, 0) is 4.79 Å². The quantitative estimate of drug-likeness (QED) is 0.528. The maximum absolute atomic E-state index is 10.1. The van der Waals surface area contributed by atoms with E-state index in [1.54, 1.807) is 0 Å². The van der Waals surface area contributed by atoms with Crippen molar-refractivity contribution < 1.29 is 20.5 Å². The fourth-order valence-corrected chi connectivity index (χ4v) is 0.115. The van der Waals surface area contributed by atoms with E-state index < -0.39 is 25.3 Å². The van der Waals surface area contributed by atoms with Crippen LogP contribution in [-0.4, -0.2) is 22.8 Å². The number of carboxylic acid groups (broad SMARTS) is 1. The Hall–Kier alpha value is -0.570. The van der Waals surface area contributed by atoms with Gasteiger partial charge in [-0.2, -0.15) is 0 Å². The van der Waals surface area contributed by atoms with Gasteiger partial charge in [-0.05, 0) is 6.37 Å². The van der Waals surface area contributed by atoms with Gasteiger partial charge >= 0.3 is 5.97 Å². The molecule has 0 unspecified atom stereocenters. The van der Waals surface area contributed by atoms with Crippen LogP contribution >= 0.6 is 0 Å². The summed E-state index contributed by atoms with van der Waals surface area (Å²) in [5, 5.41) is 16.5. The van der Waals surface area contributed by atoms with Crippen LogP contribution in [0.25, 0.3) is 0 Å². The van der Waals surface area contributed by atoms with Gasteiger partial charge in [-0.15, -0.1) is 0 Å². The van der Waals surface area contributed by atoms with Gasteiger partial charge in [-0.1, -0.05) is 0 Å². The van der Waals surface area contributed by atoms with E-state index in [1.165, 1.54) is 0 Å². The third-order valence-corrected chi connectivity index (χ3v) is 0.274. The first-order valence-electron chi connectivity index (χ1n) is 3.60. The molecule has 2 N–H and O–H groups in total. The molecule has 0 aromatic carbocycles. The number of aliphatic hydroxyl groups excluding tert-OH is 1. The second-order valence-corrected chi connectivity index (χ2v) is 0.765. The number of carboxylic acids is 1. The molecule has 0 radical (unpaired) electrons. The standard InChI is InChI=1S/C4H8O3/c5-3-1-2-4(6)7/h5H,1-3H2,(H,6,7)/i1D2,2D2. The highest BCUT2D eigenvalue weighted by Gasteiger charge is 1.91. The van der Waals surface area contributed by atoms with E-state index in [1.807, 2.05) is 0 Å². The Kier molecular flexibility index (Phi) is 1.10. The molecule has 7 heavy (non-hydrogen) atoms. The highest BCUT2D eigenvalue weighted by molar-refractivity contribution is 5.66. The zero-order valence-corrected chi connectivity index (χ0v) is 3.51. The Morgan fingerprint density at radius 3 is 2.57 bits per heavy atom. The van der Waals surface area contributed by atoms with E-state index in [0.29, 0.717) is 0 Å². The van der Waals surface area contributed by atoms with Gasteiger partial charge in [0.05, 0.1) is 0 Å². The fourth-order valence-electron chi connectivity index (χ4n) is 0.115. The number of carbonyl (C=O) groups is 1. The van der Waals surface area contributed by atoms with Crippen molar-refractivity contribution in [3.8, 4) is 0 Å². The van der Waals surface area contributed by atoms with Crippen molar-refractivity contribution in [1.29, 1.82) is 0 Å². The summed E-state index contributed by atoms with van der Waals surface area (Å²) in [7, 11) is 0. The van der Waals surface area contributed by atoms with Crippen molar-refractivity contribution in [2.24, 2.45) is 0 Å². The van der Waals surface area contributed by atoms with Gasteiger partial charge in [-0.3, -0.25) is 4.79 Å². The average molecular weight is 108 g/mol. The summed E-state index contributed by atoms with van der Waals surface area (Å²) in [6, 6.07) is 0. The van der Waals surface area contributed by atoms with Crippen molar-refractivity contribution >= 4 is 5.97 Å². The van der Waals surface area contributed by atoms with Gasteiger partial charge in [0, 0.05) is 18.5 Å². The van der Waals surface area contributed by atoms with Crippen LogP contribution in [0, 0.1) is 0 Å². The Bertz CT molecular complexity index is 167. The third kappa shape index (κ3) is 5.43. The van der Waals surface area contributed by atoms with Crippen LogP contribution < -0.4 is 0 Å². The zero-order chi connectivity index (χ0) is 9.28. The smallest absolute Gasteiger partial charge is 0.303 e. The van der Waals surface area contributed by atoms with Crippen molar-refractivity contribution in [3.05, 3.63) is 0 Å². The summed E-state index contributed by atoms with van der Waals surface area (Å²) in [5.74, 6) is -1.92. The van der Waals surface area contributed by atoms with Crippen molar-refractivity contribution in [1.82, 2.24) is 0 Å². The molecule has 0 saturated heterocycles. The summed E-state index contributed by atoms with van der Waals surface area (Å²) >= 11 is 0. The SMILES string of the molecule is [2H]C([2H])(CO)C([2H])([2H])C(=O)O.